The molecule has 0 amide bonds. The van der Waals surface area contributed by atoms with E-state index in [1.165, 1.54) is 11.1 Å². The lowest BCUT2D eigenvalue weighted by molar-refractivity contribution is 0.0657. The van der Waals surface area contributed by atoms with Crippen LogP contribution in [0.3, 0.4) is 0 Å². The van der Waals surface area contributed by atoms with Gasteiger partial charge >= 0.3 is 0 Å². The second kappa shape index (κ2) is 12.2. The van der Waals surface area contributed by atoms with Gasteiger partial charge in [0.25, 0.3) is 0 Å². The molecule has 28 heavy (non-hydrogen) atoms. The van der Waals surface area contributed by atoms with Crippen molar-refractivity contribution in [2.24, 2.45) is 4.99 Å². The molecule has 158 valence electrons. The summed E-state index contributed by atoms with van der Waals surface area (Å²) in [6, 6.07) is 8.81. The lowest BCUT2D eigenvalue weighted by atomic mass is 9.95. The Bertz CT molecular complexity index is 631. The third kappa shape index (κ3) is 7.92. The number of hydrogen-bond donors (Lipinski definition) is 2. The van der Waals surface area contributed by atoms with Crippen molar-refractivity contribution in [1.29, 1.82) is 0 Å². The lowest BCUT2D eigenvalue weighted by Crippen LogP contribution is -2.46. The minimum absolute atomic E-state index is 0.243. The minimum atomic E-state index is -0.704. The highest BCUT2D eigenvalue weighted by atomic mass is 32.2. The molecule has 1 aliphatic rings. The summed E-state index contributed by atoms with van der Waals surface area (Å²) in [6.07, 6.45) is 4.54. The van der Waals surface area contributed by atoms with Crippen molar-refractivity contribution in [2.75, 3.05) is 12.3 Å². The molecule has 5 nitrogen and oxygen atoms in total. The number of aliphatic imine (C=N–C) groups is 1. The van der Waals surface area contributed by atoms with E-state index in [0.29, 0.717) is 24.4 Å². The van der Waals surface area contributed by atoms with Gasteiger partial charge in [-0.05, 0) is 51.2 Å². The zero-order chi connectivity index (χ0) is 20.4. The molecule has 0 saturated heterocycles. The third-order valence-corrected chi connectivity index (χ3v) is 6.73. The third-order valence-electron chi connectivity index (χ3n) is 4.99. The van der Waals surface area contributed by atoms with E-state index in [9.17, 15) is 4.21 Å². The summed E-state index contributed by atoms with van der Waals surface area (Å²) in [5.74, 6) is 1.60. The standard InChI is InChI=1S/C22H37N3O2S/c1-5-23-22(25-20-8-7-9-21(14-20)28(26)6-2)24-15-18-10-12-19(13-11-18)16-27-17(3)4/h10-13,17,20-21H,5-9,14-16H2,1-4H3,(H2,23,24,25). The second-order valence-electron chi connectivity index (χ2n) is 7.67. The maximum Gasteiger partial charge on any atom is 0.191 e. The summed E-state index contributed by atoms with van der Waals surface area (Å²) in [7, 11) is -0.704. The molecule has 0 heterocycles. The molecule has 2 N–H and O–H groups in total. The van der Waals surface area contributed by atoms with Gasteiger partial charge in [0.15, 0.2) is 5.96 Å². The summed E-state index contributed by atoms with van der Waals surface area (Å²) in [5.41, 5.74) is 2.36. The molecule has 6 heteroatoms. The average molecular weight is 408 g/mol. The lowest BCUT2D eigenvalue weighted by Gasteiger charge is -2.30. The van der Waals surface area contributed by atoms with Crippen molar-refractivity contribution in [1.82, 2.24) is 10.6 Å². The fourth-order valence-electron chi connectivity index (χ4n) is 3.44. The van der Waals surface area contributed by atoms with Crippen molar-refractivity contribution >= 4 is 16.8 Å². The maximum absolute atomic E-state index is 12.2. The summed E-state index contributed by atoms with van der Waals surface area (Å²) >= 11 is 0. The molecule has 3 atom stereocenters. The fourth-order valence-corrected chi connectivity index (χ4v) is 4.79. The van der Waals surface area contributed by atoms with Crippen molar-refractivity contribution < 1.29 is 8.95 Å². The Balaban J connectivity index is 1.91. The average Bonchev–Trinajstić information content (AvgIpc) is 2.71. The quantitative estimate of drug-likeness (QED) is 0.483. The van der Waals surface area contributed by atoms with E-state index in [2.05, 4.69) is 41.8 Å². The minimum Gasteiger partial charge on any atom is -0.374 e. The highest BCUT2D eigenvalue weighted by molar-refractivity contribution is 7.85. The Kier molecular flexibility index (Phi) is 9.99. The van der Waals surface area contributed by atoms with E-state index < -0.39 is 10.8 Å². The summed E-state index contributed by atoms with van der Waals surface area (Å²) in [4.78, 5) is 4.76. The first-order valence-electron chi connectivity index (χ1n) is 10.6. The van der Waals surface area contributed by atoms with Gasteiger partial charge < -0.3 is 15.4 Å². The Morgan fingerprint density at radius 2 is 1.93 bits per heavy atom. The number of benzene rings is 1. The zero-order valence-corrected chi connectivity index (χ0v) is 18.7. The van der Waals surface area contributed by atoms with Crippen LogP contribution in [0.1, 0.15) is 64.5 Å². The van der Waals surface area contributed by atoms with Crippen LogP contribution in [-0.4, -0.2) is 39.9 Å². The van der Waals surface area contributed by atoms with E-state index >= 15 is 0 Å². The zero-order valence-electron chi connectivity index (χ0n) is 17.9. The molecule has 1 fully saturated rings. The number of rotatable bonds is 9. The molecule has 1 aromatic carbocycles. The van der Waals surface area contributed by atoms with Crippen LogP contribution >= 0.6 is 0 Å². The first-order valence-corrected chi connectivity index (χ1v) is 12.0. The number of guanidine groups is 1. The summed E-state index contributed by atoms with van der Waals surface area (Å²) < 4.78 is 17.8. The van der Waals surface area contributed by atoms with Crippen LogP contribution < -0.4 is 10.6 Å². The van der Waals surface area contributed by atoms with E-state index in [0.717, 1.165) is 43.9 Å². The molecule has 1 aromatic rings. The molecule has 3 unspecified atom stereocenters. The monoisotopic (exact) mass is 407 g/mol. The van der Waals surface area contributed by atoms with Crippen molar-refractivity contribution in [3.05, 3.63) is 35.4 Å². The van der Waals surface area contributed by atoms with E-state index in [1.54, 1.807) is 0 Å². The van der Waals surface area contributed by atoms with Crippen LogP contribution in [0.15, 0.2) is 29.3 Å². The Morgan fingerprint density at radius 1 is 1.21 bits per heavy atom. The maximum atomic E-state index is 12.2. The molecule has 1 saturated carbocycles. The van der Waals surface area contributed by atoms with Crippen LogP contribution in [0.5, 0.6) is 0 Å². The van der Waals surface area contributed by atoms with Gasteiger partial charge in [0.1, 0.15) is 0 Å². The van der Waals surface area contributed by atoms with Gasteiger partial charge in [0, 0.05) is 34.4 Å². The Hall–Kier alpha value is -1.40. The molecular formula is C22H37N3O2S. The fraction of sp³-hybridized carbons (Fsp3) is 0.682. The van der Waals surface area contributed by atoms with E-state index in [1.807, 2.05) is 20.8 Å². The van der Waals surface area contributed by atoms with Crippen molar-refractivity contribution in [3.8, 4) is 0 Å². The molecule has 2 rings (SSSR count). The first kappa shape index (κ1) is 22.9. The van der Waals surface area contributed by atoms with Gasteiger partial charge in [-0.2, -0.15) is 0 Å². The predicted octanol–water partition coefficient (Wildman–Crippen LogP) is 3.75. The molecule has 1 aliphatic carbocycles. The van der Waals surface area contributed by atoms with Gasteiger partial charge in [-0.15, -0.1) is 0 Å². The van der Waals surface area contributed by atoms with Crippen LogP contribution in [0.25, 0.3) is 0 Å². The molecule has 0 aliphatic heterocycles. The van der Waals surface area contributed by atoms with Crippen LogP contribution in [0.2, 0.25) is 0 Å². The smallest absolute Gasteiger partial charge is 0.191 e. The number of ether oxygens (including phenoxy) is 1. The van der Waals surface area contributed by atoms with E-state index in [4.69, 9.17) is 9.73 Å². The highest BCUT2D eigenvalue weighted by Gasteiger charge is 2.26. The molecular weight excluding hydrogens is 370 g/mol. The first-order chi connectivity index (χ1) is 13.5. The number of nitrogens with one attached hydrogen (secondary N) is 2. The van der Waals surface area contributed by atoms with Gasteiger partial charge in [0.05, 0.1) is 19.3 Å². The van der Waals surface area contributed by atoms with Gasteiger partial charge in [-0.3, -0.25) is 4.21 Å². The van der Waals surface area contributed by atoms with Crippen LogP contribution in [-0.2, 0) is 28.7 Å². The SMILES string of the molecule is CCNC(=NCc1ccc(COC(C)C)cc1)NC1CCCC(S(=O)CC)C1. The normalized spacial score (nSPS) is 21.5. The molecule has 0 bridgehead atoms. The van der Waals surface area contributed by atoms with Gasteiger partial charge in [0.2, 0.25) is 0 Å². The molecule has 0 radical (unpaired) electrons. The van der Waals surface area contributed by atoms with Gasteiger partial charge in [-0.1, -0.05) is 37.6 Å². The molecule has 0 aromatic heterocycles. The summed E-state index contributed by atoms with van der Waals surface area (Å²) in [5, 5.41) is 7.23. The Labute approximate surface area is 173 Å². The molecule has 0 spiro atoms. The largest absolute Gasteiger partial charge is 0.374 e. The number of hydrogen-bond acceptors (Lipinski definition) is 3. The van der Waals surface area contributed by atoms with Crippen LogP contribution in [0.4, 0.5) is 0 Å². The van der Waals surface area contributed by atoms with Crippen LogP contribution in [0, 0.1) is 0 Å². The number of nitrogens with zero attached hydrogens (tertiary/aromatic N) is 1. The highest BCUT2D eigenvalue weighted by Crippen LogP contribution is 2.23. The predicted molar refractivity (Wildman–Crippen MR) is 119 cm³/mol. The van der Waals surface area contributed by atoms with E-state index in [-0.39, 0.29) is 6.10 Å². The Morgan fingerprint density at radius 3 is 2.57 bits per heavy atom. The van der Waals surface area contributed by atoms with Gasteiger partial charge in [-0.25, -0.2) is 4.99 Å². The second-order valence-corrected chi connectivity index (χ2v) is 9.68. The van der Waals surface area contributed by atoms with Crippen molar-refractivity contribution in [2.45, 2.75) is 83.9 Å². The summed E-state index contributed by atoms with van der Waals surface area (Å²) in [6.45, 7) is 10.3. The van der Waals surface area contributed by atoms with Crippen molar-refractivity contribution in [3.63, 3.8) is 0 Å². The topological polar surface area (TPSA) is 62.7 Å².